The number of pyridine rings is 1. The highest BCUT2D eigenvalue weighted by atomic mass is 16.6. The van der Waals surface area contributed by atoms with Crippen molar-refractivity contribution in [1.82, 2.24) is 10.3 Å². The number of methoxy groups -OCH3 is 1. The second-order valence-corrected chi connectivity index (χ2v) is 6.15. The summed E-state index contributed by atoms with van der Waals surface area (Å²) in [4.78, 5) is 28.2. The second-order valence-electron chi connectivity index (χ2n) is 6.15. The molecule has 1 heterocycles. The molecule has 0 aliphatic heterocycles. The zero-order valence-corrected chi connectivity index (χ0v) is 16.0. The maximum Gasteiger partial charge on any atom is 0.328 e. The van der Waals surface area contributed by atoms with Crippen molar-refractivity contribution in [2.24, 2.45) is 0 Å². The number of ether oxygens (including phenoxy) is 3. The molecule has 1 amide bonds. The van der Waals surface area contributed by atoms with Gasteiger partial charge >= 0.3 is 5.97 Å². The molecule has 1 aromatic carbocycles. The van der Waals surface area contributed by atoms with Gasteiger partial charge in [-0.15, -0.1) is 0 Å². The number of nitrogens with zero attached hydrogens (tertiary/aromatic N) is 1. The van der Waals surface area contributed by atoms with Crippen LogP contribution in [0.1, 0.15) is 29.9 Å². The number of rotatable bonds is 9. The van der Waals surface area contributed by atoms with Crippen LogP contribution in [0.5, 0.6) is 11.5 Å². The summed E-state index contributed by atoms with van der Waals surface area (Å²) in [5.41, 5.74) is 0.783. The van der Waals surface area contributed by atoms with Gasteiger partial charge in [0.15, 0.2) is 17.2 Å². The molecule has 2 N–H and O–H groups in total. The van der Waals surface area contributed by atoms with Crippen molar-refractivity contribution in [1.29, 1.82) is 0 Å². The Bertz CT molecular complexity index is 797. The minimum Gasteiger partial charge on any atom is -0.503 e. The van der Waals surface area contributed by atoms with E-state index in [9.17, 15) is 14.7 Å². The number of amides is 1. The lowest BCUT2D eigenvalue weighted by atomic mass is 10.2. The molecule has 0 bridgehead atoms. The summed E-state index contributed by atoms with van der Waals surface area (Å²) in [5, 5.41) is 12.4. The van der Waals surface area contributed by atoms with Gasteiger partial charge in [-0.3, -0.25) is 4.79 Å². The van der Waals surface area contributed by atoms with Gasteiger partial charge in [0.2, 0.25) is 0 Å². The van der Waals surface area contributed by atoms with Gasteiger partial charge < -0.3 is 24.6 Å². The molecule has 0 spiro atoms. The molecule has 2 atom stereocenters. The van der Waals surface area contributed by atoms with Crippen molar-refractivity contribution >= 4 is 11.9 Å². The van der Waals surface area contributed by atoms with Crippen LogP contribution in [-0.2, 0) is 20.9 Å². The molecular weight excluding hydrogens is 364 g/mol. The summed E-state index contributed by atoms with van der Waals surface area (Å²) in [6, 6.07) is 10.1. The van der Waals surface area contributed by atoms with Crippen molar-refractivity contribution < 1.29 is 28.9 Å². The van der Waals surface area contributed by atoms with Crippen LogP contribution >= 0.6 is 0 Å². The van der Waals surface area contributed by atoms with Crippen LogP contribution in [0.25, 0.3) is 0 Å². The van der Waals surface area contributed by atoms with E-state index in [-0.39, 0.29) is 18.1 Å². The average molecular weight is 388 g/mol. The predicted octanol–water partition coefficient (Wildman–Crippen LogP) is 2.06. The molecule has 0 aliphatic rings. The van der Waals surface area contributed by atoms with Gasteiger partial charge in [-0.05, 0) is 19.4 Å². The van der Waals surface area contributed by atoms with E-state index in [2.05, 4.69) is 10.3 Å². The van der Waals surface area contributed by atoms with Crippen LogP contribution in [0.2, 0.25) is 0 Å². The number of hydrogen-bond donors (Lipinski definition) is 2. The number of carbonyl (C=O) groups excluding carboxylic acids is 2. The Balaban J connectivity index is 1.81. The number of nitrogens with one attached hydrogen (secondary N) is 1. The molecule has 8 nitrogen and oxygen atoms in total. The van der Waals surface area contributed by atoms with Crippen LogP contribution in [0.15, 0.2) is 42.6 Å². The van der Waals surface area contributed by atoms with E-state index in [1.165, 1.54) is 26.3 Å². The fraction of sp³-hybridized carbons (Fsp3) is 0.350. The van der Waals surface area contributed by atoms with Gasteiger partial charge in [-0.1, -0.05) is 30.3 Å². The van der Waals surface area contributed by atoms with E-state index in [4.69, 9.17) is 14.2 Å². The lowest BCUT2D eigenvalue weighted by Crippen LogP contribution is -2.41. The van der Waals surface area contributed by atoms with Gasteiger partial charge in [0.05, 0.1) is 20.3 Å². The van der Waals surface area contributed by atoms with Crippen LogP contribution in [-0.4, -0.2) is 47.8 Å². The van der Waals surface area contributed by atoms with Gasteiger partial charge in [0.25, 0.3) is 5.91 Å². The molecule has 0 fully saturated rings. The Morgan fingerprint density at radius 3 is 2.57 bits per heavy atom. The molecule has 0 saturated carbocycles. The molecular formula is C20H24N2O6. The maximum absolute atomic E-state index is 12.2. The summed E-state index contributed by atoms with van der Waals surface area (Å²) >= 11 is 0. The lowest BCUT2D eigenvalue weighted by molar-refractivity contribution is -0.153. The summed E-state index contributed by atoms with van der Waals surface area (Å²) in [6.07, 6.45) is 0.835. The summed E-state index contributed by atoms with van der Waals surface area (Å²) < 4.78 is 15.7. The lowest BCUT2D eigenvalue weighted by Gasteiger charge is -2.18. The summed E-state index contributed by atoms with van der Waals surface area (Å²) in [7, 11) is 1.36. The highest BCUT2D eigenvalue weighted by Crippen LogP contribution is 2.27. The summed E-state index contributed by atoms with van der Waals surface area (Å²) in [6.45, 7) is 3.82. The third kappa shape index (κ3) is 5.95. The average Bonchev–Trinajstić information content (AvgIpc) is 2.68. The molecule has 2 rings (SSSR count). The number of hydrogen-bond acceptors (Lipinski definition) is 7. The molecule has 0 aliphatic carbocycles. The van der Waals surface area contributed by atoms with E-state index in [1.54, 1.807) is 6.92 Å². The van der Waals surface area contributed by atoms with Crippen LogP contribution in [0.3, 0.4) is 0 Å². The van der Waals surface area contributed by atoms with Crippen molar-refractivity contribution in [3.05, 3.63) is 53.9 Å². The first-order valence-corrected chi connectivity index (χ1v) is 8.77. The third-order valence-electron chi connectivity index (χ3n) is 3.80. The molecule has 8 heteroatoms. The van der Waals surface area contributed by atoms with Crippen LogP contribution < -0.4 is 10.1 Å². The minimum absolute atomic E-state index is 0.111. The Morgan fingerprint density at radius 2 is 1.89 bits per heavy atom. The highest BCUT2D eigenvalue weighted by molar-refractivity contribution is 5.97. The Kier molecular flexibility index (Phi) is 7.76. The van der Waals surface area contributed by atoms with Gasteiger partial charge in [-0.25, -0.2) is 9.78 Å². The fourth-order valence-corrected chi connectivity index (χ4v) is 2.34. The van der Waals surface area contributed by atoms with Crippen molar-refractivity contribution in [3.8, 4) is 11.5 Å². The maximum atomic E-state index is 12.2. The normalized spacial score (nSPS) is 12.7. The van der Waals surface area contributed by atoms with E-state index >= 15 is 0 Å². The predicted molar refractivity (Wildman–Crippen MR) is 101 cm³/mol. The number of carbonyl (C=O) groups is 2. The van der Waals surface area contributed by atoms with Crippen LogP contribution in [0.4, 0.5) is 0 Å². The number of benzene rings is 1. The molecule has 0 unspecified atom stereocenters. The van der Waals surface area contributed by atoms with Crippen molar-refractivity contribution in [2.75, 3.05) is 13.7 Å². The molecule has 2 aromatic rings. The Labute approximate surface area is 163 Å². The van der Waals surface area contributed by atoms with Crippen molar-refractivity contribution in [3.63, 3.8) is 0 Å². The number of aromatic nitrogens is 1. The van der Waals surface area contributed by atoms with E-state index in [0.717, 1.165) is 5.56 Å². The Morgan fingerprint density at radius 1 is 1.18 bits per heavy atom. The minimum atomic E-state index is -0.934. The quantitative estimate of drug-likeness (QED) is 0.633. The molecule has 1 aromatic heterocycles. The van der Waals surface area contributed by atoms with E-state index < -0.39 is 29.8 Å². The zero-order chi connectivity index (χ0) is 20.5. The number of esters is 1. The molecule has 0 radical (unpaired) electrons. The highest BCUT2D eigenvalue weighted by Gasteiger charge is 2.23. The van der Waals surface area contributed by atoms with Gasteiger partial charge in [-0.2, -0.15) is 0 Å². The largest absolute Gasteiger partial charge is 0.503 e. The first-order valence-electron chi connectivity index (χ1n) is 8.77. The monoisotopic (exact) mass is 388 g/mol. The third-order valence-corrected chi connectivity index (χ3v) is 3.80. The standard InChI is InChI=1S/C20H24N2O6/c1-13(11-27-12-15-7-5-4-6-8-15)28-20(25)14(2)22-19(24)17-18(23)16(26-3)9-10-21-17/h4-10,13-14,23H,11-12H2,1-3H3,(H,22,24)/t13-,14-/m0/s1. The van der Waals surface area contributed by atoms with Gasteiger partial charge in [0, 0.05) is 12.3 Å². The van der Waals surface area contributed by atoms with E-state index in [0.29, 0.717) is 6.61 Å². The van der Waals surface area contributed by atoms with Gasteiger partial charge in [0.1, 0.15) is 12.1 Å². The summed E-state index contributed by atoms with van der Waals surface area (Å²) in [5.74, 6) is -1.62. The topological polar surface area (TPSA) is 107 Å². The zero-order valence-electron chi connectivity index (χ0n) is 16.0. The Hall–Kier alpha value is -3.13. The smallest absolute Gasteiger partial charge is 0.328 e. The molecule has 28 heavy (non-hydrogen) atoms. The van der Waals surface area contributed by atoms with E-state index in [1.807, 2.05) is 30.3 Å². The number of aromatic hydroxyl groups is 1. The fourth-order valence-electron chi connectivity index (χ4n) is 2.34. The SMILES string of the molecule is COc1ccnc(C(=O)N[C@@H](C)C(=O)O[C@@H](C)COCc2ccccc2)c1O. The first kappa shape index (κ1) is 21.2. The molecule has 150 valence electrons. The second kappa shape index (κ2) is 10.3. The first-order chi connectivity index (χ1) is 13.4. The molecule has 0 saturated heterocycles. The van der Waals surface area contributed by atoms with Crippen LogP contribution in [0, 0.1) is 0 Å². The van der Waals surface area contributed by atoms with Crippen molar-refractivity contribution in [2.45, 2.75) is 32.6 Å².